The summed E-state index contributed by atoms with van der Waals surface area (Å²) in [4.78, 5) is 19.3. The molecule has 1 unspecified atom stereocenters. The van der Waals surface area contributed by atoms with E-state index in [2.05, 4.69) is 15.2 Å². The van der Waals surface area contributed by atoms with Gasteiger partial charge < -0.3 is 9.64 Å². The number of amides is 1. The van der Waals surface area contributed by atoms with Crippen LogP contribution in [0, 0.1) is 17.7 Å². The number of anilines is 1. The molecule has 1 amide bonds. The molecule has 5 rings (SSSR count). The molecular weight excluding hydrogens is 412 g/mol. The summed E-state index contributed by atoms with van der Waals surface area (Å²) in [7, 11) is 0. The normalized spacial score (nSPS) is 23.6. The molecule has 4 heterocycles. The quantitative estimate of drug-likeness (QED) is 0.746. The Bertz CT molecular complexity index is 812. The predicted octanol–water partition coefficient (Wildman–Crippen LogP) is 4.91. The van der Waals surface area contributed by atoms with Crippen LogP contribution in [0.15, 0.2) is 23.7 Å². The fourth-order valence-corrected chi connectivity index (χ4v) is 4.72. The van der Waals surface area contributed by atoms with E-state index in [1.807, 2.05) is 0 Å². The summed E-state index contributed by atoms with van der Waals surface area (Å²) < 4.78 is 19.5. The highest BCUT2D eigenvalue weighted by Crippen LogP contribution is 2.35. The molecular formula is C18H20Cl2FN3O2S. The first-order valence-corrected chi connectivity index (χ1v) is 9.91. The topological polar surface area (TPSA) is 54.5 Å². The van der Waals surface area contributed by atoms with Crippen molar-refractivity contribution >= 4 is 47.3 Å². The van der Waals surface area contributed by atoms with Crippen molar-refractivity contribution in [1.29, 1.82) is 0 Å². The maximum atomic E-state index is 14.1. The Kier molecular flexibility index (Phi) is 6.57. The number of thiazole rings is 1. The molecule has 1 atom stereocenters. The number of rotatable bonds is 4. The Labute approximate surface area is 172 Å². The van der Waals surface area contributed by atoms with Crippen LogP contribution in [0.5, 0.6) is 0 Å². The van der Waals surface area contributed by atoms with Crippen LogP contribution in [0.2, 0.25) is 5.02 Å². The summed E-state index contributed by atoms with van der Waals surface area (Å²) in [5, 5.41) is 3.06. The number of halogens is 3. The minimum atomic E-state index is -0.559. The Morgan fingerprint density at radius 1 is 1.41 bits per heavy atom. The van der Waals surface area contributed by atoms with Crippen LogP contribution >= 0.6 is 35.3 Å². The lowest BCUT2D eigenvalue weighted by atomic mass is 9.79. The molecule has 9 heteroatoms. The van der Waals surface area contributed by atoms with E-state index in [1.165, 1.54) is 42.4 Å². The van der Waals surface area contributed by atoms with E-state index < -0.39 is 11.9 Å². The van der Waals surface area contributed by atoms with Gasteiger partial charge >= 0.3 is 6.09 Å². The first-order chi connectivity index (χ1) is 12.6. The van der Waals surface area contributed by atoms with Crippen LogP contribution < -0.4 is 5.32 Å². The highest BCUT2D eigenvalue weighted by Gasteiger charge is 2.34. The number of fused-ring (bicyclic) bond motifs is 3. The zero-order valence-electron chi connectivity index (χ0n) is 14.5. The smallest absolute Gasteiger partial charge is 0.412 e. The highest BCUT2D eigenvalue weighted by atomic mass is 35.5. The monoisotopic (exact) mass is 431 g/mol. The van der Waals surface area contributed by atoms with Crippen LogP contribution in [0.1, 0.15) is 12.8 Å². The van der Waals surface area contributed by atoms with Gasteiger partial charge in [-0.2, -0.15) is 0 Å². The Hall–Kier alpha value is -1.41. The number of hydrogen-bond acceptors (Lipinski definition) is 5. The van der Waals surface area contributed by atoms with Gasteiger partial charge in [-0.15, -0.1) is 23.7 Å². The zero-order valence-corrected chi connectivity index (χ0v) is 16.9. The van der Waals surface area contributed by atoms with E-state index >= 15 is 0 Å². The van der Waals surface area contributed by atoms with Gasteiger partial charge in [0.2, 0.25) is 0 Å². The van der Waals surface area contributed by atoms with Crippen LogP contribution in [-0.2, 0) is 4.74 Å². The van der Waals surface area contributed by atoms with Crippen molar-refractivity contribution in [2.24, 2.45) is 11.8 Å². The molecule has 1 aromatic carbocycles. The zero-order chi connectivity index (χ0) is 18.1. The van der Waals surface area contributed by atoms with Crippen molar-refractivity contribution in [3.63, 3.8) is 0 Å². The van der Waals surface area contributed by atoms with Gasteiger partial charge in [0.1, 0.15) is 5.82 Å². The fraction of sp³-hybridized carbons (Fsp3) is 0.444. The van der Waals surface area contributed by atoms with E-state index in [-0.39, 0.29) is 18.2 Å². The second-order valence-corrected chi connectivity index (χ2v) is 8.07. The molecule has 0 radical (unpaired) electrons. The summed E-state index contributed by atoms with van der Waals surface area (Å²) in [5.74, 6) is 0.907. The van der Waals surface area contributed by atoms with Gasteiger partial charge in [0.05, 0.1) is 17.0 Å². The van der Waals surface area contributed by atoms with Gasteiger partial charge in [-0.3, -0.25) is 5.32 Å². The van der Waals surface area contributed by atoms with Crippen molar-refractivity contribution in [3.05, 3.63) is 34.5 Å². The van der Waals surface area contributed by atoms with Crippen LogP contribution in [0.3, 0.4) is 0 Å². The van der Waals surface area contributed by atoms with Crippen LogP contribution in [0.25, 0.3) is 10.4 Å². The van der Waals surface area contributed by atoms with Gasteiger partial charge in [0, 0.05) is 23.0 Å². The van der Waals surface area contributed by atoms with Crippen molar-refractivity contribution in [3.8, 4) is 10.4 Å². The first-order valence-electron chi connectivity index (χ1n) is 8.65. The third-order valence-corrected chi connectivity index (χ3v) is 6.28. The summed E-state index contributed by atoms with van der Waals surface area (Å²) >= 11 is 7.20. The Balaban J connectivity index is 0.00000210. The number of carbonyl (C=O) groups is 1. The number of piperidine rings is 3. The molecule has 0 aliphatic carbocycles. The molecule has 1 N–H and O–H groups in total. The first kappa shape index (κ1) is 20.3. The lowest BCUT2D eigenvalue weighted by molar-refractivity contribution is 0.0151. The Morgan fingerprint density at radius 2 is 2.19 bits per heavy atom. The van der Waals surface area contributed by atoms with E-state index in [9.17, 15) is 9.18 Å². The maximum absolute atomic E-state index is 14.1. The van der Waals surface area contributed by atoms with E-state index in [4.69, 9.17) is 16.3 Å². The van der Waals surface area contributed by atoms with Gasteiger partial charge in [-0.25, -0.2) is 14.2 Å². The molecule has 1 aromatic heterocycles. The number of carbonyl (C=O) groups excluding carboxylic acids is 1. The summed E-state index contributed by atoms with van der Waals surface area (Å²) in [6.45, 7) is 3.70. The predicted molar refractivity (Wildman–Crippen MR) is 107 cm³/mol. The molecule has 3 fully saturated rings. The molecule has 0 spiro atoms. The number of hydrogen-bond donors (Lipinski definition) is 1. The largest absolute Gasteiger partial charge is 0.449 e. The SMILES string of the molecule is Cl.O=C(Nc1ncsc1-c1cc(Cl)ccc1F)OCC1CN2CCC1CC2. The van der Waals surface area contributed by atoms with E-state index in [0.717, 1.165) is 19.6 Å². The van der Waals surface area contributed by atoms with E-state index in [0.29, 0.717) is 33.9 Å². The summed E-state index contributed by atoms with van der Waals surface area (Å²) in [5.41, 5.74) is 1.87. The molecule has 0 saturated carbocycles. The molecule has 5 nitrogen and oxygen atoms in total. The van der Waals surface area contributed by atoms with Gasteiger partial charge in [0.25, 0.3) is 0 Å². The molecule has 2 aromatic rings. The Morgan fingerprint density at radius 3 is 2.89 bits per heavy atom. The van der Waals surface area contributed by atoms with Gasteiger partial charge in [0.15, 0.2) is 5.82 Å². The third kappa shape index (κ3) is 4.54. The maximum Gasteiger partial charge on any atom is 0.412 e. The van der Waals surface area contributed by atoms with Crippen molar-refractivity contribution in [2.45, 2.75) is 12.8 Å². The minimum Gasteiger partial charge on any atom is -0.449 e. The lowest BCUT2D eigenvalue weighted by Crippen LogP contribution is -2.49. The molecule has 2 bridgehead atoms. The molecule has 27 heavy (non-hydrogen) atoms. The van der Waals surface area contributed by atoms with Crippen LogP contribution in [-0.4, -0.2) is 42.2 Å². The molecule has 3 saturated heterocycles. The van der Waals surface area contributed by atoms with Crippen molar-refractivity contribution in [1.82, 2.24) is 9.88 Å². The average molecular weight is 432 g/mol. The second-order valence-electron chi connectivity index (χ2n) is 6.78. The minimum absolute atomic E-state index is 0. The second kappa shape index (κ2) is 8.73. The molecule has 3 aliphatic rings. The van der Waals surface area contributed by atoms with Crippen molar-refractivity contribution in [2.75, 3.05) is 31.6 Å². The lowest BCUT2D eigenvalue weighted by Gasteiger charge is -2.44. The molecule has 146 valence electrons. The average Bonchev–Trinajstić information content (AvgIpc) is 3.11. The van der Waals surface area contributed by atoms with Gasteiger partial charge in [-0.1, -0.05) is 11.6 Å². The molecule has 3 aliphatic heterocycles. The van der Waals surface area contributed by atoms with E-state index in [1.54, 1.807) is 5.51 Å². The summed E-state index contributed by atoms with van der Waals surface area (Å²) in [6, 6.07) is 4.30. The highest BCUT2D eigenvalue weighted by molar-refractivity contribution is 7.13. The number of nitrogens with one attached hydrogen (secondary N) is 1. The van der Waals surface area contributed by atoms with Gasteiger partial charge in [-0.05, 0) is 50.0 Å². The summed E-state index contributed by atoms with van der Waals surface area (Å²) in [6.07, 6.45) is 1.80. The van der Waals surface area contributed by atoms with Crippen LogP contribution in [0.4, 0.5) is 15.0 Å². The number of benzene rings is 1. The number of ether oxygens (including phenoxy) is 1. The number of aromatic nitrogens is 1. The standard InChI is InChI=1S/C18H19ClFN3O2S.ClH/c19-13-1-2-15(20)14(7-13)16-17(21-10-26-16)22-18(24)25-9-12-8-23-5-3-11(12)4-6-23;/h1-2,7,10-12H,3-6,8-9H2,(H,22,24);1H. The fourth-order valence-electron chi connectivity index (χ4n) is 3.79. The third-order valence-electron chi connectivity index (χ3n) is 5.18. The van der Waals surface area contributed by atoms with Crippen molar-refractivity contribution < 1.29 is 13.9 Å². The number of nitrogens with zero attached hydrogens (tertiary/aromatic N) is 2.